The van der Waals surface area contributed by atoms with E-state index in [4.69, 9.17) is 11.6 Å². The molecule has 0 saturated heterocycles. The predicted molar refractivity (Wildman–Crippen MR) is 146 cm³/mol. The lowest BCUT2D eigenvalue weighted by molar-refractivity contribution is -0.116. The number of hydrogen-bond donors (Lipinski definition) is 2. The number of carbonyl (C=O) groups excluding carboxylic acids is 1. The van der Waals surface area contributed by atoms with Gasteiger partial charge in [0.05, 0.1) is 22.3 Å². The van der Waals surface area contributed by atoms with Gasteiger partial charge in [0.2, 0.25) is 5.91 Å². The minimum atomic E-state index is -0.394. The average Bonchev–Trinajstić information content (AvgIpc) is 3.36. The zero-order valence-corrected chi connectivity index (χ0v) is 20.3. The molecule has 5 rings (SSSR count). The van der Waals surface area contributed by atoms with Crippen molar-refractivity contribution in [1.29, 1.82) is 0 Å². The molecule has 6 heteroatoms. The summed E-state index contributed by atoms with van der Waals surface area (Å²) in [7, 11) is 0. The highest BCUT2D eigenvalue weighted by molar-refractivity contribution is 7.14. The lowest BCUT2D eigenvalue weighted by Crippen LogP contribution is -2.22. The number of amides is 1. The van der Waals surface area contributed by atoms with Crippen molar-refractivity contribution in [2.24, 2.45) is 0 Å². The summed E-state index contributed by atoms with van der Waals surface area (Å²) in [6.45, 7) is 0. The fourth-order valence-corrected chi connectivity index (χ4v) is 4.78. The van der Waals surface area contributed by atoms with Crippen LogP contribution < -0.4 is 10.6 Å². The van der Waals surface area contributed by atoms with E-state index in [0.29, 0.717) is 5.02 Å². The summed E-state index contributed by atoms with van der Waals surface area (Å²) in [4.78, 5) is 18.0. The van der Waals surface area contributed by atoms with Gasteiger partial charge in [-0.3, -0.25) is 4.79 Å². The lowest BCUT2D eigenvalue weighted by Gasteiger charge is -2.18. The Morgan fingerprint density at radius 3 is 2.00 bits per heavy atom. The van der Waals surface area contributed by atoms with Crippen molar-refractivity contribution >= 4 is 45.4 Å². The number of carbonyl (C=O) groups is 1. The number of nitrogens with zero attached hydrogens (tertiary/aromatic N) is 1. The number of thiazole rings is 1. The molecule has 2 N–H and O–H groups in total. The lowest BCUT2D eigenvalue weighted by atomic mass is 9.90. The standard InChI is InChI=1S/C29H22ClN3OS/c30-24-13-7-8-14-25(24)32-29-33-26(19-35-29)20-15-17-23(18-16-20)31-28(34)27(21-9-3-1-4-10-21)22-11-5-2-6-12-22/h1-19,27H,(H,31,34)(H,32,33). The number of halogens is 1. The summed E-state index contributed by atoms with van der Waals surface area (Å²) in [5.74, 6) is -0.468. The molecular weight excluding hydrogens is 474 g/mol. The van der Waals surface area contributed by atoms with Crippen molar-refractivity contribution in [3.63, 3.8) is 0 Å². The molecule has 0 saturated carbocycles. The zero-order chi connectivity index (χ0) is 24.0. The topological polar surface area (TPSA) is 54.0 Å². The van der Waals surface area contributed by atoms with Gasteiger partial charge in [-0.2, -0.15) is 0 Å². The second-order valence-electron chi connectivity index (χ2n) is 7.96. The molecule has 1 amide bonds. The van der Waals surface area contributed by atoms with Gasteiger partial charge >= 0.3 is 0 Å². The Morgan fingerprint density at radius 2 is 1.37 bits per heavy atom. The van der Waals surface area contributed by atoms with Crippen LogP contribution >= 0.6 is 22.9 Å². The molecule has 1 heterocycles. The fraction of sp³-hybridized carbons (Fsp3) is 0.0345. The quantitative estimate of drug-likeness (QED) is 0.240. The summed E-state index contributed by atoms with van der Waals surface area (Å²) < 4.78 is 0. The molecule has 0 radical (unpaired) electrons. The van der Waals surface area contributed by atoms with Gasteiger partial charge in [0.1, 0.15) is 0 Å². The van der Waals surface area contributed by atoms with Gasteiger partial charge in [0, 0.05) is 16.6 Å². The highest BCUT2D eigenvalue weighted by Crippen LogP contribution is 2.31. The van der Waals surface area contributed by atoms with Crippen LogP contribution in [-0.2, 0) is 4.79 Å². The van der Waals surface area contributed by atoms with Gasteiger partial charge in [-0.15, -0.1) is 11.3 Å². The summed E-state index contributed by atoms with van der Waals surface area (Å²) in [5.41, 5.74) is 5.28. The molecule has 5 aromatic rings. The van der Waals surface area contributed by atoms with Crippen LogP contribution in [0.15, 0.2) is 115 Å². The number of hydrogen-bond acceptors (Lipinski definition) is 4. The molecule has 4 aromatic carbocycles. The minimum absolute atomic E-state index is 0.0740. The molecule has 0 aliphatic heterocycles. The molecule has 0 unspecified atom stereocenters. The average molecular weight is 496 g/mol. The maximum absolute atomic E-state index is 13.3. The summed E-state index contributed by atoms with van der Waals surface area (Å²) in [6.07, 6.45) is 0. The normalized spacial score (nSPS) is 10.8. The van der Waals surface area contributed by atoms with Crippen LogP contribution in [0.3, 0.4) is 0 Å². The first-order valence-corrected chi connectivity index (χ1v) is 12.4. The first-order chi connectivity index (χ1) is 17.2. The minimum Gasteiger partial charge on any atom is -0.330 e. The van der Waals surface area contributed by atoms with E-state index < -0.39 is 5.92 Å². The van der Waals surface area contributed by atoms with Crippen LogP contribution in [0.2, 0.25) is 5.02 Å². The van der Waals surface area contributed by atoms with Crippen LogP contribution in [0.1, 0.15) is 17.0 Å². The van der Waals surface area contributed by atoms with Crippen LogP contribution in [0.25, 0.3) is 11.3 Å². The van der Waals surface area contributed by atoms with Gasteiger partial charge in [0.15, 0.2) is 5.13 Å². The molecular formula is C29H22ClN3OS. The van der Waals surface area contributed by atoms with Crippen molar-refractivity contribution in [2.75, 3.05) is 10.6 Å². The Labute approximate surface area is 213 Å². The molecule has 0 spiro atoms. The Bertz CT molecular complexity index is 1380. The van der Waals surface area contributed by atoms with Crippen molar-refractivity contribution in [3.8, 4) is 11.3 Å². The third-order valence-corrected chi connectivity index (χ3v) is 6.68. The van der Waals surface area contributed by atoms with Gasteiger partial charge in [-0.25, -0.2) is 4.98 Å². The molecule has 172 valence electrons. The molecule has 35 heavy (non-hydrogen) atoms. The van der Waals surface area contributed by atoms with E-state index in [1.165, 1.54) is 11.3 Å². The molecule has 0 bridgehead atoms. The smallest absolute Gasteiger partial charge is 0.236 e. The molecule has 4 nitrogen and oxygen atoms in total. The van der Waals surface area contributed by atoms with Crippen LogP contribution in [0.4, 0.5) is 16.5 Å². The van der Waals surface area contributed by atoms with Crippen LogP contribution in [0, 0.1) is 0 Å². The number of rotatable bonds is 7. The molecule has 0 aliphatic carbocycles. The monoisotopic (exact) mass is 495 g/mol. The maximum Gasteiger partial charge on any atom is 0.236 e. The number of para-hydroxylation sites is 1. The Morgan fingerprint density at radius 1 is 0.771 bits per heavy atom. The zero-order valence-electron chi connectivity index (χ0n) is 18.7. The Kier molecular flexibility index (Phi) is 6.89. The van der Waals surface area contributed by atoms with Crippen molar-refractivity contribution in [2.45, 2.75) is 5.92 Å². The number of aromatic nitrogens is 1. The van der Waals surface area contributed by atoms with Crippen LogP contribution in [-0.4, -0.2) is 10.9 Å². The SMILES string of the molecule is O=C(Nc1ccc(-c2csc(Nc3ccccc3Cl)n2)cc1)C(c1ccccc1)c1ccccc1. The molecule has 1 aromatic heterocycles. The van der Waals surface area contributed by atoms with E-state index in [9.17, 15) is 4.79 Å². The second-order valence-corrected chi connectivity index (χ2v) is 9.23. The van der Waals surface area contributed by atoms with Crippen LogP contribution in [0.5, 0.6) is 0 Å². The van der Waals surface area contributed by atoms with E-state index in [0.717, 1.165) is 38.9 Å². The first-order valence-electron chi connectivity index (χ1n) is 11.2. The molecule has 0 fully saturated rings. The highest BCUT2D eigenvalue weighted by Gasteiger charge is 2.22. The van der Waals surface area contributed by atoms with Crippen molar-refractivity contribution in [3.05, 3.63) is 131 Å². The number of nitrogens with one attached hydrogen (secondary N) is 2. The molecule has 0 aliphatic rings. The van der Waals surface area contributed by atoms with Crippen molar-refractivity contribution in [1.82, 2.24) is 4.98 Å². The summed E-state index contributed by atoms with van der Waals surface area (Å²) in [6, 6.07) is 35.0. The fourth-order valence-electron chi connectivity index (χ4n) is 3.87. The third kappa shape index (κ3) is 5.43. The number of anilines is 3. The second kappa shape index (κ2) is 10.6. The van der Waals surface area contributed by atoms with Gasteiger partial charge in [-0.1, -0.05) is 96.5 Å². The summed E-state index contributed by atoms with van der Waals surface area (Å²) >= 11 is 7.75. The predicted octanol–water partition coefficient (Wildman–Crippen LogP) is 7.98. The highest BCUT2D eigenvalue weighted by atomic mass is 35.5. The number of benzene rings is 4. The van der Waals surface area contributed by atoms with E-state index in [1.807, 2.05) is 115 Å². The van der Waals surface area contributed by atoms with E-state index in [-0.39, 0.29) is 5.91 Å². The third-order valence-electron chi connectivity index (χ3n) is 5.60. The Balaban J connectivity index is 1.31. The van der Waals surface area contributed by atoms with Gasteiger partial charge in [0.25, 0.3) is 0 Å². The van der Waals surface area contributed by atoms with E-state index >= 15 is 0 Å². The Hall–Kier alpha value is -3.93. The maximum atomic E-state index is 13.3. The first kappa shape index (κ1) is 22.8. The van der Waals surface area contributed by atoms with E-state index in [1.54, 1.807) is 0 Å². The molecule has 0 atom stereocenters. The summed E-state index contributed by atoms with van der Waals surface area (Å²) in [5, 5.41) is 9.74. The van der Waals surface area contributed by atoms with Crippen molar-refractivity contribution < 1.29 is 4.79 Å². The van der Waals surface area contributed by atoms with Gasteiger partial charge < -0.3 is 10.6 Å². The van der Waals surface area contributed by atoms with E-state index in [2.05, 4.69) is 15.6 Å². The largest absolute Gasteiger partial charge is 0.330 e. The van der Waals surface area contributed by atoms with Gasteiger partial charge in [-0.05, 0) is 35.4 Å².